The third-order valence-electron chi connectivity index (χ3n) is 2.96. The number of rotatable bonds is 10. The molecule has 0 aromatic rings. The highest BCUT2D eigenvalue weighted by Gasteiger charge is 2.08. The number of unbranched alkanes of at least 4 members (excludes halogenated alkanes) is 5. The van der Waals surface area contributed by atoms with Gasteiger partial charge in [-0.3, -0.25) is 4.79 Å². The molecule has 0 aliphatic rings. The second-order valence-corrected chi connectivity index (χ2v) is 4.70. The molecule has 0 aromatic heterocycles. The van der Waals surface area contributed by atoms with Crippen LogP contribution < -0.4 is 0 Å². The molecule has 1 heteroatoms. The molecule has 0 aromatic carbocycles. The normalized spacial score (nSPS) is 13.2. The van der Waals surface area contributed by atoms with Gasteiger partial charge >= 0.3 is 0 Å². The van der Waals surface area contributed by atoms with Crippen molar-refractivity contribution >= 4 is 5.78 Å². The number of ketones is 1. The fourth-order valence-electron chi connectivity index (χ4n) is 1.73. The maximum atomic E-state index is 11.7. The molecule has 0 saturated carbocycles. The fourth-order valence-corrected chi connectivity index (χ4v) is 1.73. The second-order valence-electron chi connectivity index (χ2n) is 4.70. The Balaban J connectivity index is 3.55. The van der Waals surface area contributed by atoms with Crippen LogP contribution in [0.4, 0.5) is 0 Å². The zero-order valence-electron chi connectivity index (χ0n) is 11.3. The Morgan fingerprint density at radius 3 is 2.38 bits per heavy atom. The van der Waals surface area contributed by atoms with Crippen molar-refractivity contribution in [1.29, 1.82) is 0 Å². The molecule has 0 radical (unpaired) electrons. The highest BCUT2D eigenvalue weighted by atomic mass is 16.1. The molecular weight excluding hydrogens is 196 g/mol. The lowest BCUT2D eigenvalue weighted by molar-refractivity contribution is -0.117. The summed E-state index contributed by atoms with van der Waals surface area (Å²) in [6.45, 7) is 6.41. The van der Waals surface area contributed by atoms with Crippen molar-refractivity contribution in [3.05, 3.63) is 12.2 Å². The molecule has 94 valence electrons. The minimum Gasteiger partial charge on any atom is -0.295 e. The van der Waals surface area contributed by atoms with Gasteiger partial charge in [0.25, 0.3) is 0 Å². The van der Waals surface area contributed by atoms with E-state index in [9.17, 15) is 4.79 Å². The molecule has 0 bridgehead atoms. The van der Waals surface area contributed by atoms with Gasteiger partial charge in [-0.1, -0.05) is 65.4 Å². The summed E-state index contributed by atoms with van der Waals surface area (Å²) < 4.78 is 0. The van der Waals surface area contributed by atoms with E-state index in [1.165, 1.54) is 32.1 Å². The van der Waals surface area contributed by atoms with Crippen LogP contribution in [0.5, 0.6) is 0 Å². The average molecular weight is 224 g/mol. The summed E-state index contributed by atoms with van der Waals surface area (Å²) in [7, 11) is 0. The minimum atomic E-state index is 0.217. The van der Waals surface area contributed by atoms with E-state index in [0.717, 1.165) is 19.3 Å². The van der Waals surface area contributed by atoms with Crippen LogP contribution in [0, 0.1) is 5.92 Å². The van der Waals surface area contributed by atoms with E-state index < -0.39 is 0 Å². The first-order chi connectivity index (χ1) is 7.72. The first-order valence-electron chi connectivity index (χ1n) is 6.92. The maximum Gasteiger partial charge on any atom is 0.158 e. The van der Waals surface area contributed by atoms with Crippen molar-refractivity contribution in [2.75, 3.05) is 0 Å². The molecule has 0 saturated heterocycles. The Hall–Kier alpha value is -0.590. The molecule has 0 aliphatic carbocycles. The molecule has 0 amide bonds. The zero-order valence-corrected chi connectivity index (χ0v) is 11.3. The van der Waals surface area contributed by atoms with Gasteiger partial charge < -0.3 is 0 Å². The monoisotopic (exact) mass is 224 g/mol. The maximum absolute atomic E-state index is 11.7. The second kappa shape index (κ2) is 10.9. The van der Waals surface area contributed by atoms with Crippen molar-refractivity contribution in [2.45, 2.75) is 72.1 Å². The average Bonchev–Trinajstić information content (AvgIpc) is 2.28. The molecule has 1 unspecified atom stereocenters. The quantitative estimate of drug-likeness (QED) is 0.381. The first-order valence-corrected chi connectivity index (χ1v) is 6.92. The number of hydrogen-bond acceptors (Lipinski definition) is 1. The van der Waals surface area contributed by atoms with Gasteiger partial charge in [0.2, 0.25) is 0 Å². The van der Waals surface area contributed by atoms with Gasteiger partial charge in [0, 0.05) is 5.92 Å². The summed E-state index contributed by atoms with van der Waals surface area (Å²) >= 11 is 0. The summed E-state index contributed by atoms with van der Waals surface area (Å²) in [5.41, 5.74) is 0. The molecule has 0 rings (SSSR count). The van der Waals surface area contributed by atoms with E-state index in [0.29, 0.717) is 5.78 Å². The van der Waals surface area contributed by atoms with Gasteiger partial charge in [-0.15, -0.1) is 0 Å². The summed E-state index contributed by atoms with van der Waals surface area (Å²) in [6, 6.07) is 0. The molecule has 1 nitrogen and oxygen atoms in total. The Bertz CT molecular complexity index is 194. The predicted octanol–water partition coefficient (Wildman–Crippen LogP) is 4.91. The van der Waals surface area contributed by atoms with Crippen LogP contribution in [0.1, 0.15) is 72.1 Å². The summed E-state index contributed by atoms with van der Waals surface area (Å²) in [5.74, 6) is 0.527. The molecule has 0 heterocycles. The molecule has 0 N–H and O–H groups in total. The minimum absolute atomic E-state index is 0.217. The predicted molar refractivity (Wildman–Crippen MR) is 71.6 cm³/mol. The summed E-state index contributed by atoms with van der Waals surface area (Å²) in [5, 5.41) is 0. The van der Waals surface area contributed by atoms with E-state index in [-0.39, 0.29) is 5.92 Å². The molecule has 0 fully saturated rings. The van der Waals surface area contributed by atoms with Crippen molar-refractivity contribution < 1.29 is 4.79 Å². The molecule has 1 atom stereocenters. The topological polar surface area (TPSA) is 17.1 Å². The Kier molecular flexibility index (Phi) is 10.5. The lowest BCUT2D eigenvalue weighted by Crippen LogP contribution is -2.07. The van der Waals surface area contributed by atoms with Gasteiger partial charge in [-0.25, -0.2) is 0 Å². The van der Waals surface area contributed by atoms with E-state index in [2.05, 4.69) is 20.8 Å². The lowest BCUT2D eigenvalue weighted by Gasteiger charge is -2.07. The summed E-state index contributed by atoms with van der Waals surface area (Å²) in [4.78, 5) is 11.7. The van der Waals surface area contributed by atoms with Crippen LogP contribution in [-0.2, 0) is 4.79 Å². The van der Waals surface area contributed by atoms with Crippen LogP contribution in [0.2, 0.25) is 0 Å². The Labute approximate surface area is 101 Å². The molecule has 0 aliphatic heterocycles. The van der Waals surface area contributed by atoms with E-state index in [1.807, 2.05) is 6.08 Å². The van der Waals surface area contributed by atoms with Crippen molar-refractivity contribution in [3.63, 3.8) is 0 Å². The third-order valence-corrected chi connectivity index (χ3v) is 2.96. The van der Waals surface area contributed by atoms with Crippen molar-refractivity contribution in [3.8, 4) is 0 Å². The molecular formula is C15H28O. The molecule has 16 heavy (non-hydrogen) atoms. The Morgan fingerprint density at radius 1 is 1.06 bits per heavy atom. The van der Waals surface area contributed by atoms with Crippen LogP contribution in [0.3, 0.4) is 0 Å². The smallest absolute Gasteiger partial charge is 0.158 e. The van der Waals surface area contributed by atoms with Crippen LogP contribution in [0.25, 0.3) is 0 Å². The van der Waals surface area contributed by atoms with Crippen LogP contribution >= 0.6 is 0 Å². The highest BCUT2D eigenvalue weighted by molar-refractivity contribution is 5.91. The largest absolute Gasteiger partial charge is 0.295 e. The van der Waals surface area contributed by atoms with Gasteiger partial charge in [0.05, 0.1) is 0 Å². The number of allylic oxidation sites excluding steroid dienone is 2. The van der Waals surface area contributed by atoms with E-state index in [4.69, 9.17) is 0 Å². The third kappa shape index (κ3) is 8.70. The summed E-state index contributed by atoms with van der Waals surface area (Å²) in [6.07, 6.45) is 13.4. The standard InChI is InChI=1S/C15H28O/c1-4-6-8-9-11-12-14(3)15(16)13-10-7-5-2/h10,13-14H,4-9,11-12H2,1-3H3. The van der Waals surface area contributed by atoms with Crippen LogP contribution in [0.15, 0.2) is 12.2 Å². The zero-order chi connectivity index (χ0) is 12.2. The lowest BCUT2D eigenvalue weighted by atomic mass is 9.97. The van der Waals surface area contributed by atoms with Crippen LogP contribution in [-0.4, -0.2) is 5.78 Å². The molecule has 0 spiro atoms. The Morgan fingerprint density at radius 2 is 1.75 bits per heavy atom. The van der Waals surface area contributed by atoms with Gasteiger partial charge in [0.1, 0.15) is 0 Å². The van der Waals surface area contributed by atoms with E-state index >= 15 is 0 Å². The fraction of sp³-hybridized carbons (Fsp3) is 0.800. The number of hydrogen-bond donors (Lipinski definition) is 0. The van der Waals surface area contributed by atoms with Crippen molar-refractivity contribution in [2.24, 2.45) is 5.92 Å². The number of carbonyl (C=O) groups excluding carboxylic acids is 1. The van der Waals surface area contributed by atoms with E-state index in [1.54, 1.807) is 6.08 Å². The van der Waals surface area contributed by atoms with Crippen molar-refractivity contribution in [1.82, 2.24) is 0 Å². The number of carbonyl (C=O) groups is 1. The SMILES string of the molecule is CCCC=CC(=O)C(C)CCCCCCC. The van der Waals surface area contributed by atoms with Gasteiger partial charge in [0.15, 0.2) is 5.78 Å². The first kappa shape index (κ1) is 15.4. The van der Waals surface area contributed by atoms with Gasteiger partial charge in [-0.2, -0.15) is 0 Å². The highest BCUT2D eigenvalue weighted by Crippen LogP contribution is 2.12. The van der Waals surface area contributed by atoms with Gasteiger partial charge in [-0.05, 0) is 18.9 Å².